The second-order valence-corrected chi connectivity index (χ2v) is 4.02. The quantitative estimate of drug-likeness (QED) is 0.721. The van der Waals surface area contributed by atoms with Gasteiger partial charge in [-0.1, -0.05) is 18.2 Å². The normalized spacial score (nSPS) is 10.6. The van der Waals surface area contributed by atoms with E-state index in [9.17, 15) is 0 Å². The molecule has 0 radical (unpaired) electrons. The van der Waals surface area contributed by atoms with Gasteiger partial charge in [-0.05, 0) is 24.3 Å². The van der Waals surface area contributed by atoms with Gasteiger partial charge in [0, 0.05) is 5.56 Å². The Bertz CT molecular complexity index is 722. The largest absolute Gasteiger partial charge is 0.497 e. The maximum atomic E-state index is 5.36. The second kappa shape index (κ2) is 4.61. The zero-order chi connectivity index (χ0) is 13.2. The molecule has 0 aliphatic carbocycles. The minimum absolute atomic E-state index is 0.695. The van der Waals surface area contributed by atoms with E-state index in [1.807, 2.05) is 46.9 Å². The predicted molar refractivity (Wildman–Crippen MR) is 71.5 cm³/mol. The Morgan fingerprint density at radius 3 is 2.58 bits per heavy atom. The van der Waals surface area contributed by atoms with E-state index >= 15 is 0 Å². The Kier molecular flexibility index (Phi) is 2.79. The molecule has 19 heavy (non-hydrogen) atoms. The van der Waals surface area contributed by atoms with E-state index in [4.69, 9.17) is 9.47 Å². The van der Waals surface area contributed by atoms with Crippen molar-refractivity contribution in [3.8, 4) is 23.0 Å². The first-order valence-corrected chi connectivity index (χ1v) is 5.86. The van der Waals surface area contributed by atoms with Crippen LogP contribution in [0, 0.1) is 0 Å². The van der Waals surface area contributed by atoms with Crippen molar-refractivity contribution in [2.45, 2.75) is 0 Å². The summed E-state index contributed by atoms with van der Waals surface area (Å²) >= 11 is 0. The molecule has 96 valence electrons. The molecule has 0 spiro atoms. The molecule has 2 heterocycles. The van der Waals surface area contributed by atoms with Crippen LogP contribution in [0.3, 0.4) is 0 Å². The average Bonchev–Trinajstić information content (AvgIpc) is 2.91. The van der Waals surface area contributed by atoms with Crippen LogP contribution in [-0.2, 0) is 0 Å². The number of nitrogens with zero attached hydrogens (tertiary/aromatic N) is 3. The summed E-state index contributed by atoms with van der Waals surface area (Å²) in [6.07, 6.45) is 0. The van der Waals surface area contributed by atoms with Crippen molar-refractivity contribution in [3.63, 3.8) is 0 Å². The first-order valence-electron chi connectivity index (χ1n) is 5.86. The molecular formula is C14H13N3O2. The predicted octanol–water partition coefficient (Wildman–Crippen LogP) is 2.41. The molecule has 0 bridgehead atoms. The first kappa shape index (κ1) is 11.5. The van der Waals surface area contributed by atoms with Gasteiger partial charge in [-0.3, -0.25) is 0 Å². The maximum Gasteiger partial charge on any atom is 0.200 e. The number of ether oxygens (including phenoxy) is 2. The van der Waals surface area contributed by atoms with E-state index in [0.717, 1.165) is 22.8 Å². The Morgan fingerprint density at radius 1 is 0.947 bits per heavy atom. The molecule has 0 fully saturated rings. The Morgan fingerprint density at radius 2 is 1.79 bits per heavy atom. The minimum atomic E-state index is 0.695. The van der Waals surface area contributed by atoms with Gasteiger partial charge < -0.3 is 9.47 Å². The average molecular weight is 255 g/mol. The molecule has 0 aliphatic rings. The van der Waals surface area contributed by atoms with Crippen molar-refractivity contribution < 1.29 is 9.47 Å². The standard InChI is InChI=1S/C14H13N3O2/c1-18-11-6-3-5-10(9-11)14-16-15-12-7-4-8-13(19-2)17(12)14/h3-9H,1-2H3. The maximum absolute atomic E-state index is 5.36. The SMILES string of the molecule is COc1cccc(-c2nnc3cccc(OC)n23)c1. The van der Waals surface area contributed by atoms with E-state index < -0.39 is 0 Å². The molecule has 3 rings (SSSR count). The third-order valence-corrected chi connectivity index (χ3v) is 2.93. The Balaban J connectivity index is 2.24. The molecule has 0 saturated carbocycles. The molecule has 0 amide bonds. The highest BCUT2D eigenvalue weighted by molar-refractivity contribution is 5.62. The number of pyridine rings is 1. The van der Waals surface area contributed by atoms with Crippen molar-refractivity contribution in [2.75, 3.05) is 14.2 Å². The van der Waals surface area contributed by atoms with Gasteiger partial charge >= 0.3 is 0 Å². The van der Waals surface area contributed by atoms with Gasteiger partial charge in [0.2, 0.25) is 5.88 Å². The van der Waals surface area contributed by atoms with Crippen LogP contribution >= 0.6 is 0 Å². The number of hydrogen-bond donors (Lipinski definition) is 0. The van der Waals surface area contributed by atoms with E-state index in [2.05, 4.69) is 10.2 Å². The number of hydrogen-bond acceptors (Lipinski definition) is 4. The van der Waals surface area contributed by atoms with Crippen LogP contribution < -0.4 is 9.47 Å². The lowest BCUT2D eigenvalue weighted by Gasteiger charge is -2.07. The van der Waals surface area contributed by atoms with Gasteiger partial charge in [-0.25, -0.2) is 4.40 Å². The molecule has 0 atom stereocenters. The summed E-state index contributed by atoms with van der Waals surface area (Å²) in [6.45, 7) is 0. The summed E-state index contributed by atoms with van der Waals surface area (Å²) < 4.78 is 12.5. The van der Waals surface area contributed by atoms with Crippen molar-refractivity contribution in [1.82, 2.24) is 14.6 Å². The molecule has 0 aliphatic heterocycles. The molecule has 0 unspecified atom stereocenters. The molecule has 1 aromatic carbocycles. The van der Waals surface area contributed by atoms with Crippen molar-refractivity contribution in [2.24, 2.45) is 0 Å². The van der Waals surface area contributed by atoms with Crippen molar-refractivity contribution in [1.29, 1.82) is 0 Å². The van der Waals surface area contributed by atoms with Gasteiger partial charge in [-0.2, -0.15) is 0 Å². The summed E-state index contributed by atoms with van der Waals surface area (Å²) in [6, 6.07) is 13.3. The number of rotatable bonds is 3. The summed E-state index contributed by atoms with van der Waals surface area (Å²) in [5.74, 6) is 2.20. The fourth-order valence-electron chi connectivity index (χ4n) is 2.02. The Hall–Kier alpha value is -2.56. The zero-order valence-electron chi connectivity index (χ0n) is 10.7. The van der Waals surface area contributed by atoms with E-state index in [0.29, 0.717) is 5.88 Å². The van der Waals surface area contributed by atoms with Gasteiger partial charge in [0.1, 0.15) is 5.75 Å². The van der Waals surface area contributed by atoms with Crippen LogP contribution in [0.4, 0.5) is 0 Å². The molecule has 5 heteroatoms. The zero-order valence-corrected chi connectivity index (χ0v) is 10.7. The fraction of sp³-hybridized carbons (Fsp3) is 0.143. The van der Waals surface area contributed by atoms with Crippen LogP contribution in [0.2, 0.25) is 0 Å². The first-order chi connectivity index (χ1) is 9.33. The summed E-state index contributed by atoms with van der Waals surface area (Å²) in [5, 5.41) is 8.38. The van der Waals surface area contributed by atoms with E-state index in [1.165, 1.54) is 0 Å². The topological polar surface area (TPSA) is 48.7 Å². The third-order valence-electron chi connectivity index (χ3n) is 2.93. The second-order valence-electron chi connectivity index (χ2n) is 4.02. The van der Waals surface area contributed by atoms with Crippen LogP contribution in [-0.4, -0.2) is 28.8 Å². The summed E-state index contributed by atoms with van der Waals surface area (Å²) in [5.41, 5.74) is 1.67. The van der Waals surface area contributed by atoms with Gasteiger partial charge in [0.25, 0.3) is 0 Å². The number of fused-ring (bicyclic) bond motifs is 1. The van der Waals surface area contributed by atoms with E-state index in [-0.39, 0.29) is 0 Å². The molecular weight excluding hydrogens is 242 g/mol. The lowest BCUT2D eigenvalue weighted by Crippen LogP contribution is -1.96. The molecule has 3 aromatic rings. The minimum Gasteiger partial charge on any atom is -0.497 e. The molecule has 5 nitrogen and oxygen atoms in total. The van der Waals surface area contributed by atoms with Crippen LogP contribution in [0.15, 0.2) is 42.5 Å². The molecule has 0 saturated heterocycles. The van der Waals surface area contributed by atoms with Gasteiger partial charge in [-0.15, -0.1) is 10.2 Å². The highest BCUT2D eigenvalue weighted by atomic mass is 16.5. The van der Waals surface area contributed by atoms with Crippen molar-refractivity contribution >= 4 is 5.65 Å². The van der Waals surface area contributed by atoms with Gasteiger partial charge in [0.15, 0.2) is 11.5 Å². The highest BCUT2D eigenvalue weighted by Gasteiger charge is 2.12. The van der Waals surface area contributed by atoms with Crippen LogP contribution in [0.1, 0.15) is 0 Å². The fourth-order valence-corrected chi connectivity index (χ4v) is 2.02. The smallest absolute Gasteiger partial charge is 0.200 e. The van der Waals surface area contributed by atoms with Crippen molar-refractivity contribution in [3.05, 3.63) is 42.5 Å². The number of benzene rings is 1. The number of methoxy groups -OCH3 is 2. The summed E-state index contributed by atoms with van der Waals surface area (Å²) in [7, 11) is 3.27. The number of aromatic nitrogens is 3. The van der Waals surface area contributed by atoms with E-state index in [1.54, 1.807) is 14.2 Å². The summed E-state index contributed by atoms with van der Waals surface area (Å²) in [4.78, 5) is 0. The Labute approximate surface area is 110 Å². The van der Waals surface area contributed by atoms with Crippen LogP contribution in [0.25, 0.3) is 17.0 Å². The molecule has 2 aromatic heterocycles. The molecule has 0 N–H and O–H groups in total. The van der Waals surface area contributed by atoms with Gasteiger partial charge in [0.05, 0.1) is 14.2 Å². The lowest BCUT2D eigenvalue weighted by molar-refractivity contribution is 0.393. The third kappa shape index (κ3) is 1.89. The lowest BCUT2D eigenvalue weighted by atomic mass is 10.2. The monoisotopic (exact) mass is 255 g/mol. The highest BCUT2D eigenvalue weighted by Crippen LogP contribution is 2.26. The van der Waals surface area contributed by atoms with Crippen LogP contribution in [0.5, 0.6) is 11.6 Å².